The van der Waals surface area contributed by atoms with Crippen LogP contribution in [0.1, 0.15) is 27.4 Å². The molecule has 0 bridgehead atoms. The van der Waals surface area contributed by atoms with Gasteiger partial charge in [0.05, 0.1) is 16.4 Å². The second-order valence-corrected chi connectivity index (χ2v) is 9.00. The molecule has 0 aromatic carbocycles. The van der Waals surface area contributed by atoms with E-state index in [1.54, 1.807) is 14.0 Å². The van der Waals surface area contributed by atoms with Gasteiger partial charge in [0.15, 0.2) is 0 Å². The lowest BCUT2D eigenvalue weighted by atomic mass is 10.4. The second kappa shape index (κ2) is 6.64. The van der Waals surface area contributed by atoms with Gasteiger partial charge >= 0.3 is 0 Å². The molecule has 1 saturated carbocycles. The molecule has 8 heteroatoms. The number of hydrogen-bond donors (Lipinski definition) is 0. The first kappa shape index (κ1) is 16.7. The van der Waals surface area contributed by atoms with Crippen LogP contribution in [0.15, 0.2) is 11.0 Å². The Bertz CT molecular complexity index is 622. The first-order chi connectivity index (χ1) is 9.79. The summed E-state index contributed by atoms with van der Waals surface area (Å²) in [5.74, 6) is 0.479. The van der Waals surface area contributed by atoms with E-state index in [0.717, 1.165) is 17.9 Å². The molecule has 0 N–H and O–H groups in total. The molecule has 0 radical (unpaired) electrons. The van der Waals surface area contributed by atoms with Crippen LogP contribution < -0.4 is 0 Å². The van der Waals surface area contributed by atoms with Crippen molar-refractivity contribution in [2.75, 3.05) is 26.8 Å². The van der Waals surface area contributed by atoms with Gasteiger partial charge in [0.25, 0.3) is 15.0 Å². The number of nitrogens with zero attached hydrogens (tertiary/aromatic N) is 1. The number of likely N-dealkylation sites (N-methyl/N-ethyl adjacent to an activating group) is 1. The molecule has 0 atom stereocenters. The average molecular weight is 352 g/mol. The van der Waals surface area contributed by atoms with E-state index in [1.807, 2.05) is 0 Å². The molecular weight excluding hydrogens is 334 g/mol. The Balaban J connectivity index is 1.92. The number of aryl methyl sites for hydroxylation is 1. The maximum absolute atomic E-state index is 12.2. The maximum Gasteiger partial charge on any atom is 0.263 e. The lowest BCUT2D eigenvalue weighted by molar-refractivity contribution is 0.0685. The average Bonchev–Trinajstić information content (AvgIpc) is 3.13. The third-order valence-electron chi connectivity index (χ3n) is 3.31. The van der Waals surface area contributed by atoms with Crippen LogP contribution >= 0.6 is 22.0 Å². The van der Waals surface area contributed by atoms with Crippen LogP contribution in [0.3, 0.4) is 0 Å². The van der Waals surface area contributed by atoms with Crippen molar-refractivity contribution in [2.24, 2.45) is 5.92 Å². The zero-order chi connectivity index (χ0) is 15.6. The Morgan fingerprint density at radius 2 is 2.19 bits per heavy atom. The summed E-state index contributed by atoms with van der Waals surface area (Å²) in [5, 5.41) is 0. The molecule has 0 unspecified atom stereocenters. The number of halogens is 1. The fraction of sp³-hybridized carbons (Fsp3) is 0.615. The third kappa shape index (κ3) is 4.67. The first-order valence-electron chi connectivity index (χ1n) is 6.67. The van der Waals surface area contributed by atoms with Gasteiger partial charge in [0.2, 0.25) is 0 Å². The van der Waals surface area contributed by atoms with E-state index in [0.29, 0.717) is 28.8 Å². The number of carbonyl (C=O) groups is 1. The molecular formula is C13H18ClNO4S2. The molecule has 5 nitrogen and oxygen atoms in total. The summed E-state index contributed by atoms with van der Waals surface area (Å²) < 4.78 is 28.2. The number of hydrogen-bond acceptors (Lipinski definition) is 5. The molecule has 1 aromatic rings. The van der Waals surface area contributed by atoms with E-state index in [2.05, 4.69) is 0 Å². The molecule has 1 heterocycles. The summed E-state index contributed by atoms with van der Waals surface area (Å²) in [6.07, 6.45) is 2.47. The second-order valence-electron chi connectivity index (χ2n) is 5.21. The Labute approximate surface area is 133 Å². The van der Waals surface area contributed by atoms with Crippen LogP contribution in [0.5, 0.6) is 0 Å². The Morgan fingerprint density at radius 3 is 2.71 bits per heavy atom. The van der Waals surface area contributed by atoms with Gasteiger partial charge in [-0.3, -0.25) is 4.79 Å². The van der Waals surface area contributed by atoms with Crippen LogP contribution in [0.4, 0.5) is 0 Å². The van der Waals surface area contributed by atoms with Gasteiger partial charge in [-0.1, -0.05) is 0 Å². The molecule has 1 aliphatic carbocycles. The van der Waals surface area contributed by atoms with Gasteiger partial charge < -0.3 is 9.64 Å². The van der Waals surface area contributed by atoms with E-state index < -0.39 is 9.05 Å². The standard InChI is InChI=1S/C13H18ClNO4S2/c1-9-12(21(14,17)18)7-11(20-9)13(16)15(2)5-6-19-8-10-3-4-10/h7,10H,3-6,8H2,1-2H3. The van der Waals surface area contributed by atoms with E-state index in [4.69, 9.17) is 15.4 Å². The van der Waals surface area contributed by atoms with Crippen LogP contribution in [-0.4, -0.2) is 46.0 Å². The van der Waals surface area contributed by atoms with Gasteiger partial charge in [0, 0.05) is 35.8 Å². The van der Waals surface area contributed by atoms with E-state index >= 15 is 0 Å². The molecule has 1 aromatic heterocycles. The predicted molar refractivity (Wildman–Crippen MR) is 82.6 cm³/mol. The van der Waals surface area contributed by atoms with Gasteiger partial charge in [-0.15, -0.1) is 11.3 Å². The quantitative estimate of drug-likeness (QED) is 0.559. The van der Waals surface area contributed by atoms with Gasteiger partial charge in [-0.05, 0) is 31.7 Å². The van der Waals surface area contributed by atoms with Gasteiger partial charge in [0.1, 0.15) is 0 Å². The Hall–Kier alpha value is -0.630. The SMILES string of the molecule is Cc1sc(C(=O)N(C)CCOCC2CC2)cc1S(=O)(=O)Cl. The van der Waals surface area contributed by atoms with E-state index in [1.165, 1.54) is 23.8 Å². The number of ether oxygens (including phenoxy) is 1. The lowest BCUT2D eigenvalue weighted by Gasteiger charge is -2.16. The fourth-order valence-electron chi connectivity index (χ4n) is 1.84. The van der Waals surface area contributed by atoms with Crippen LogP contribution in [0.2, 0.25) is 0 Å². The Kier molecular flexibility index (Phi) is 5.29. The smallest absolute Gasteiger partial charge is 0.263 e. The van der Waals surface area contributed by atoms with Crippen LogP contribution in [0.25, 0.3) is 0 Å². The normalized spacial score (nSPS) is 15.2. The lowest BCUT2D eigenvalue weighted by Crippen LogP contribution is -2.29. The molecule has 0 saturated heterocycles. The largest absolute Gasteiger partial charge is 0.379 e. The molecule has 118 valence electrons. The van der Waals surface area contributed by atoms with Gasteiger partial charge in [-0.25, -0.2) is 8.42 Å². The van der Waals surface area contributed by atoms with Gasteiger partial charge in [-0.2, -0.15) is 0 Å². The van der Waals surface area contributed by atoms with Crippen molar-refractivity contribution < 1.29 is 17.9 Å². The molecule has 1 amide bonds. The van der Waals surface area contributed by atoms with Crippen molar-refractivity contribution in [1.82, 2.24) is 4.90 Å². The predicted octanol–water partition coefficient (Wildman–Crippen LogP) is 2.48. The van der Waals surface area contributed by atoms with E-state index in [9.17, 15) is 13.2 Å². The summed E-state index contributed by atoms with van der Waals surface area (Å²) in [6.45, 7) is 3.36. The highest BCUT2D eigenvalue weighted by Crippen LogP contribution is 2.29. The number of thiophene rings is 1. The molecule has 0 spiro atoms. The van der Waals surface area contributed by atoms with Crippen molar-refractivity contribution in [3.05, 3.63) is 15.8 Å². The topological polar surface area (TPSA) is 63.7 Å². The zero-order valence-electron chi connectivity index (χ0n) is 12.0. The first-order valence-corrected chi connectivity index (χ1v) is 9.80. The number of amides is 1. The minimum atomic E-state index is -3.81. The van der Waals surface area contributed by atoms with Crippen LogP contribution in [0, 0.1) is 12.8 Å². The fourth-order valence-corrected chi connectivity index (χ4v) is 4.50. The molecule has 2 rings (SSSR count). The summed E-state index contributed by atoms with van der Waals surface area (Å²) in [4.78, 5) is 14.7. The highest BCUT2D eigenvalue weighted by molar-refractivity contribution is 8.13. The zero-order valence-corrected chi connectivity index (χ0v) is 14.4. The van der Waals surface area contributed by atoms with E-state index in [-0.39, 0.29) is 10.8 Å². The number of carbonyl (C=O) groups excluding carboxylic acids is 1. The molecule has 1 fully saturated rings. The minimum Gasteiger partial charge on any atom is -0.379 e. The van der Waals surface area contributed by atoms with Crippen LogP contribution in [-0.2, 0) is 13.8 Å². The Morgan fingerprint density at radius 1 is 1.52 bits per heavy atom. The minimum absolute atomic E-state index is 0.0101. The van der Waals surface area contributed by atoms with Crippen molar-refractivity contribution in [2.45, 2.75) is 24.7 Å². The van der Waals surface area contributed by atoms with Crippen molar-refractivity contribution in [3.8, 4) is 0 Å². The molecule has 0 aliphatic heterocycles. The molecule has 1 aliphatic rings. The highest BCUT2D eigenvalue weighted by Gasteiger charge is 2.23. The van der Waals surface area contributed by atoms with Crippen molar-refractivity contribution in [3.63, 3.8) is 0 Å². The summed E-state index contributed by atoms with van der Waals surface area (Å²) in [7, 11) is 3.20. The van der Waals surface area contributed by atoms with Crippen molar-refractivity contribution >= 4 is 37.0 Å². The monoisotopic (exact) mass is 351 g/mol. The van der Waals surface area contributed by atoms with Crippen molar-refractivity contribution in [1.29, 1.82) is 0 Å². The maximum atomic E-state index is 12.2. The third-order valence-corrected chi connectivity index (χ3v) is 5.93. The molecule has 21 heavy (non-hydrogen) atoms. The highest BCUT2D eigenvalue weighted by atomic mass is 35.7. The summed E-state index contributed by atoms with van der Waals surface area (Å²) in [6, 6.07) is 1.34. The number of rotatable bonds is 7. The summed E-state index contributed by atoms with van der Waals surface area (Å²) in [5.41, 5.74) is 0. The summed E-state index contributed by atoms with van der Waals surface area (Å²) >= 11 is 1.14.